The van der Waals surface area contributed by atoms with Crippen molar-refractivity contribution in [3.8, 4) is 0 Å². The smallest absolute Gasteiger partial charge is 0.237 e. The fourth-order valence-corrected chi connectivity index (χ4v) is 3.35. The van der Waals surface area contributed by atoms with Crippen LogP contribution in [0.2, 0.25) is 0 Å². The van der Waals surface area contributed by atoms with E-state index in [9.17, 15) is 9.90 Å². The predicted octanol–water partition coefficient (Wildman–Crippen LogP) is 0.606. The SMILES string of the molecule is O=C(NCC1(CCO)CCOC1)C1Cc2ccccc2CN1. The molecule has 2 atom stereocenters. The zero-order chi connectivity index (χ0) is 15.4. The second-order valence-electron chi connectivity index (χ2n) is 6.40. The van der Waals surface area contributed by atoms with Gasteiger partial charge in [-0.15, -0.1) is 0 Å². The number of amides is 1. The summed E-state index contributed by atoms with van der Waals surface area (Å²) in [6.07, 6.45) is 2.30. The molecule has 0 spiro atoms. The van der Waals surface area contributed by atoms with Crippen molar-refractivity contribution in [3.63, 3.8) is 0 Å². The summed E-state index contributed by atoms with van der Waals surface area (Å²) in [5, 5.41) is 15.6. The molecule has 2 aliphatic heterocycles. The second kappa shape index (κ2) is 6.77. The van der Waals surface area contributed by atoms with Crippen LogP contribution in [0.25, 0.3) is 0 Å². The normalized spacial score (nSPS) is 27.4. The summed E-state index contributed by atoms with van der Waals surface area (Å²) < 4.78 is 5.46. The highest BCUT2D eigenvalue weighted by molar-refractivity contribution is 5.82. The highest BCUT2D eigenvalue weighted by Gasteiger charge is 2.35. The van der Waals surface area contributed by atoms with Gasteiger partial charge >= 0.3 is 0 Å². The van der Waals surface area contributed by atoms with Crippen LogP contribution in [0.15, 0.2) is 24.3 Å². The lowest BCUT2D eigenvalue weighted by Crippen LogP contribution is -2.50. The quantitative estimate of drug-likeness (QED) is 0.745. The number of rotatable bonds is 5. The molecule has 3 N–H and O–H groups in total. The number of hydrogen-bond donors (Lipinski definition) is 3. The van der Waals surface area contributed by atoms with Crippen molar-refractivity contribution in [2.24, 2.45) is 5.41 Å². The van der Waals surface area contributed by atoms with Crippen LogP contribution in [0.1, 0.15) is 24.0 Å². The molecule has 0 aromatic heterocycles. The summed E-state index contributed by atoms with van der Waals surface area (Å²) in [5.74, 6) is 0.0405. The first-order valence-corrected chi connectivity index (χ1v) is 7.99. The van der Waals surface area contributed by atoms with E-state index >= 15 is 0 Å². The Balaban J connectivity index is 1.56. The lowest BCUT2D eigenvalue weighted by molar-refractivity contribution is -0.123. The second-order valence-corrected chi connectivity index (χ2v) is 6.40. The summed E-state index contributed by atoms with van der Waals surface area (Å²) in [5.41, 5.74) is 2.42. The lowest BCUT2D eigenvalue weighted by atomic mass is 9.84. The summed E-state index contributed by atoms with van der Waals surface area (Å²) in [6, 6.07) is 8.06. The van der Waals surface area contributed by atoms with Gasteiger partial charge in [0, 0.05) is 31.7 Å². The molecular formula is C17H24N2O3. The minimum absolute atomic E-state index is 0.0405. The first kappa shape index (κ1) is 15.5. The van der Waals surface area contributed by atoms with Crippen molar-refractivity contribution in [3.05, 3.63) is 35.4 Å². The first-order valence-electron chi connectivity index (χ1n) is 7.99. The largest absolute Gasteiger partial charge is 0.396 e. The number of benzene rings is 1. The number of aliphatic hydroxyl groups is 1. The Morgan fingerprint density at radius 1 is 1.41 bits per heavy atom. The average molecular weight is 304 g/mol. The molecule has 120 valence electrons. The Morgan fingerprint density at radius 2 is 2.23 bits per heavy atom. The molecule has 2 heterocycles. The number of carbonyl (C=O) groups is 1. The van der Waals surface area contributed by atoms with Crippen molar-refractivity contribution in [1.29, 1.82) is 0 Å². The van der Waals surface area contributed by atoms with E-state index in [1.165, 1.54) is 11.1 Å². The maximum atomic E-state index is 12.4. The molecule has 1 amide bonds. The molecular weight excluding hydrogens is 280 g/mol. The van der Waals surface area contributed by atoms with Crippen molar-refractivity contribution >= 4 is 5.91 Å². The molecule has 1 aromatic carbocycles. The van der Waals surface area contributed by atoms with Crippen LogP contribution in [0.5, 0.6) is 0 Å². The van der Waals surface area contributed by atoms with E-state index in [1.54, 1.807) is 0 Å². The van der Waals surface area contributed by atoms with Crippen LogP contribution in [-0.4, -0.2) is 43.4 Å². The summed E-state index contributed by atoms with van der Waals surface area (Å²) in [6.45, 7) is 2.78. The number of aliphatic hydroxyl groups excluding tert-OH is 1. The molecule has 1 fully saturated rings. The van der Waals surface area contributed by atoms with Gasteiger partial charge in [-0.25, -0.2) is 0 Å². The van der Waals surface area contributed by atoms with Gasteiger partial charge in [0.2, 0.25) is 5.91 Å². The lowest BCUT2D eigenvalue weighted by Gasteiger charge is -2.29. The Labute approximate surface area is 131 Å². The number of nitrogens with one attached hydrogen (secondary N) is 2. The summed E-state index contributed by atoms with van der Waals surface area (Å²) in [7, 11) is 0. The van der Waals surface area contributed by atoms with Crippen LogP contribution in [0.4, 0.5) is 0 Å². The maximum absolute atomic E-state index is 12.4. The standard InChI is InChI=1S/C17H24N2O3/c20-7-5-17(6-8-22-12-17)11-19-16(21)15-9-13-3-1-2-4-14(13)10-18-15/h1-4,15,18,20H,5-12H2,(H,19,21). The fourth-order valence-electron chi connectivity index (χ4n) is 3.35. The number of carbonyl (C=O) groups excluding carboxylic acids is 1. The minimum atomic E-state index is -0.177. The van der Waals surface area contributed by atoms with Crippen molar-refractivity contribution in [1.82, 2.24) is 10.6 Å². The third-order valence-corrected chi connectivity index (χ3v) is 4.86. The molecule has 0 saturated carbocycles. The highest BCUT2D eigenvalue weighted by Crippen LogP contribution is 2.31. The van der Waals surface area contributed by atoms with E-state index in [0.717, 1.165) is 19.4 Å². The van der Waals surface area contributed by atoms with E-state index in [1.807, 2.05) is 12.1 Å². The number of ether oxygens (including phenoxy) is 1. The van der Waals surface area contributed by atoms with Gasteiger partial charge in [-0.2, -0.15) is 0 Å². The zero-order valence-electron chi connectivity index (χ0n) is 12.8. The van der Waals surface area contributed by atoms with E-state index in [0.29, 0.717) is 26.2 Å². The van der Waals surface area contributed by atoms with Crippen LogP contribution < -0.4 is 10.6 Å². The topological polar surface area (TPSA) is 70.6 Å². The van der Waals surface area contributed by atoms with Gasteiger partial charge in [-0.3, -0.25) is 4.79 Å². The third-order valence-electron chi connectivity index (χ3n) is 4.86. The fraction of sp³-hybridized carbons (Fsp3) is 0.588. The van der Waals surface area contributed by atoms with E-state index in [-0.39, 0.29) is 24.0 Å². The summed E-state index contributed by atoms with van der Waals surface area (Å²) in [4.78, 5) is 12.4. The van der Waals surface area contributed by atoms with E-state index in [4.69, 9.17) is 4.74 Å². The van der Waals surface area contributed by atoms with Gasteiger partial charge in [-0.1, -0.05) is 24.3 Å². The first-order chi connectivity index (χ1) is 10.7. The molecule has 0 bridgehead atoms. The van der Waals surface area contributed by atoms with Gasteiger partial charge in [0.05, 0.1) is 12.6 Å². The Bertz CT molecular complexity index is 526. The molecule has 0 aliphatic carbocycles. The van der Waals surface area contributed by atoms with Gasteiger partial charge in [0.1, 0.15) is 0 Å². The Kier molecular flexibility index (Phi) is 4.76. The zero-order valence-corrected chi connectivity index (χ0v) is 12.8. The molecule has 0 radical (unpaired) electrons. The van der Waals surface area contributed by atoms with Gasteiger partial charge in [0.25, 0.3) is 0 Å². The number of fused-ring (bicyclic) bond motifs is 1. The van der Waals surface area contributed by atoms with E-state index in [2.05, 4.69) is 22.8 Å². The molecule has 5 heteroatoms. The van der Waals surface area contributed by atoms with Gasteiger partial charge < -0.3 is 20.5 Å². The molecule has 1 saturated heterocycles. The minimum Gasteiger partial charge on any atom is -0.396 e. The Hall–Kier alpha value is -1.43. The third kappa shape index (κ3) is 3.32. The van der Waals surface area contributed by atoms with Crippen molar-refractivity contribution in [2.45, 2.75) is 31.8 Å². The molecule has 2 aliphatic rings. The van der Waals surface area contributed by atoms with Crippen LogP contribution >= 0.6 is 0 Å². The van der Waals surface area contributed by atoms with E-state index < -0.39 is 0 Å². The monoisotopic (exact) mass is 304 g/mol. The summed E-state index contributed by atoms with van der Waals surface area (Å²) >= 11 is 0. The van der Waals surface area contributed by atoms with Crippen LogP contribution in [0, 0.1) is 5.41 Å². The maximum Gasteiger partial charge on any atom is 0.237 e. The van der Waals surface area contributed by atoms with Gasteiger partial charge in [-0.05, 0) is 30.4 Å². The van der Waals surface area contributed by atoms with Crippen LogP contribution in [-0.2, 0) is 22.5 Å². The average Bonchev–Trinajstić information content (AvgIpc) is 3.01. The molecule has 1 aromatic rings. The highest BCUT2D eigenvalue weighted by atomic mass is 16.5. The van der Waals surface area contributed by atoms with Crippen LogP contribution in [0.3, 0.4) is 0 Å². The molecule has 5 nitrogen and oxygen atoms in total. The van der Waals surface area contributed by atoms with Crippen molar-refractivity contribution < 1.29 is 14.6 Å². The molecule has 2 unspecified atom stereocenters. The predicted molar refractivity (Wildman–Crippen MR) is 83.4 cm³/mol. The molecule has 22 heavy (non-hydrogen) atoms. The Morgan fingerprint density at radius 3 is 2.95 bits per heavy atom. The number of hydrogen-bond acceptors (Lipinski definition) is 4. The molecule has 3 rings (SSSR count). The van der Waals surface area contributed by atoms with Gasteiger partial charge in [0.15, 0.2) is 0 Å². The van der Waals surface area contributed by atoms with Crippen molar-refractivity contribution in [2.75, 3.05) is 26.4 Å².